The van der Waals surface area contributed by atoms with Crippen LogP contribution >= 0.6 is 0 Å². The van der Waals surface area contributed by atoms with Crippen molar-refractivity contribution in [1.82, 2.24) is 35.9 Å². The van der Waals surface area contributed by atoms with E-state index in [0.717, 1.165) is 0 Å². The third kappa shape index (κ3) is 2.66. The van der Waals surface area contributed by atoms with Gasteiger partial charge in [0.25, 0.3) is 11.7 Å². The minimum Gasteiger partial charge on any atom is -0.480 e. The van der Waals surface area contributed by atoms with Crippen molar-refractivity contribution in [2.45, 2.75) is 12.5 Å². The number of amides is 1. The minimum absolute atomic E-state index is 0.0823. The highest BCUT2D eigenvalue weighted by Gasteiger charge is 2.23. The number of hydrogen-bond donors (Lipinski definition) is 4. The minimum atomic E-state index is -1.17. The van der Waals surface area contributed by atoms with Gasteiger partial charge < -0.3 is 15.4 Å². The zero-order valence-electron chi connectivity index (χ0n) is 8.99. The van der Waals surface area contributed by atoms with E-state index < -0.39 is 17.9 Å². The maximum Gasteiger partial charge on any atom is 0.326 e. The van der Waals surface area contributed by atoms with Crippen LogP contribution < -0.4 is 5.32 Å². The molecule has 18 heavy (non-hydrogen) atoms. The summed E-state index contributed by atoms with van der Waals surface area (Å²) in [5.41, 5.74) is 0.593. The van der Waals surface area contributed by atoms with Gasteiger partial charge in [0.05, 0.1) is 6.33 Å². The Labute approximate surface area is 99.8 Å². The fraction of sp³-hybridized carbons (Fsp3) is 0.250. The maximum atomic E-state index is 11.6. The Bertz CT molecular complexity index is 521. The lowest BCUT2D eigenvalue weighted by Crippen LogP contribution is -2.42. The summed E-state index contributed by atoms with van der Waals surface area (Å²) >= 11 is 0. The van der Waals surface area contributed by atoms with Gasteiger partial charge in [-0.3, -0.25) is 4.79 Å². The predicted molar refractivity (Wildman–Crippen MR) is 55.4 cm³/mol. The van der Waals surface area contributed by atoms with Crippen LogP contribution in [0.5, 0.6) is 0 Å². The van der Waals surface area contributed by atoms with Crippen molar-refractivity contribution in [3.8, 4) is 0 Å². The molecular formula is C8H9N7O3. The van der Waals surface area contributed by atoms with Gasteiger partial charge in [0, 0.05) is 18.3 Å². The molecule has 94 valence electrons. The molecule has 2 aromatic heterocycles. The van der Waals surface area contributed by atoms with Crippen LogP contribution in [-0.2, 0) is 11.2 Å². The van der Waals surface area contributed by atoms with Crippen molar-refractivity contribution in [3.05, 3.63) is 24.0 Å². The molecule has 4 N–H and O–H groups in total. The molecule has 0 aliphatic carbocycles. The molecular weight excluding hydrogens is 242 g/mol. The largest absolute Gasteiger partial charge is 0.480 e. The number of H-pyrrole nitrogens is 2. The van der Waals surface area contributed by atoms with Gasteiger partial charge >= 0.3 is 5.97 Å². The standard InChI is InChI=1S/C8H9N7O3/c16-7(6-12-14-15-13-6)11-5(8(17)18)1-4-2-9-3-10-4/h2-3,5H,1H2,(H,9,10)(H,11,16)(H,17,18)(H,12,13,14,15). The van der Waals surface area contributed by atoms with Crippen molar-refractivity contribution >= 4 is 11.9 Å². The van der Waals surface area contributed by atoms with Crippen molar-refractivity contribution in [1.29, 1.82) is 0 Å². The molecule has 1 atom stereocenters. The lowest BCUT2D eigenvalue weighted by Gasteiger charge is -2.11. The van der Waals surface area contributed by atoms with E-state index in [9.17, 15) is 9.59 Å². The highest BCUT2D eigenvalue weighted by molar-refractivity contribution is 5.93. The number of nitrogens with zero attached hydrogens (tertiary/aromatic N) is 4. The van der Waals surface area contributed by atoms with Gasteiger partial charge in [0.15, 0.2) is 0 Å². The number of aromatic nitrogens is 6. The molecule has 2 heterocycles. The number of carboxylic acids is 1. The summed E-state index contributed by atoms with van der Waals surface area (Å²) in [6, 6.07) is -1.10. The van der Waals surface area contributed by atoms with Crippen LogP contribution in [0.2, 0.25) is 0 Å². The second-order valence-electron chi connectivity index (χ2n) is 3.38. The SMILES string of the molecule is O=C(NC(Cc1cnc[nH]1)C(=O)O)c1nn[nH]n1. The molecule has 0 aliphatic rings. The van der Waals surface area contributed by atoms with Gasteiger partial charge in [0.1, 0.15) is 6.04 Å². The summed E-state index contributed by atoms with van der Waals surface area (Å²) in [7, 11) is 0. The van der Waals surface area contributed by atoms with E-state index >= 15 is 0 Å². The molecule has 2 aromatic rings. The Morgan fingerprint density at radius 3 is 2.89 bits per heavy atom. The first-order chi connectivity index (χ1) is 8.66. The lowest BCUT2D eigenvalue weighted by molar-refractivity contribution is -0.139. The van der Waals surface area contributed by atoms with Crippen molar-refractivity contribution < 1.29 is 14.7 Å². The summed E-state index contributed by atoms with van der Waals surface area (Å²) < 4.78 is 0. The molecule has 0 aromatic carbocycles. The number of tetrazole rings is 1. The summed E-state index contributed by atoms with van der Waals surface area (Å²) in [6.07, 6.45) is 2.99. The van der Waals surface area contributed by atoms with Crippen LogP contribution in [0.3, 0.4) is 0 Å². The van der Waals surface area contributed by atoms with Crippen molar-refractivity contribution in [3.63, 3.8) is 0 Å². The fourth-order valence-corrected chi connectivity index (χ4v) is 1.30. The number of carboxylic acid groups (broad SMARTS) is 1. The molecule has 0 saturated carbocycles. The van der Waals surface area contributed by atoms with Crippen LogP contribution in [0, 0.1) is 0 Å². The Hall–Kier alpha value is -2.78. The Balaban J connectivity index is 2.03. The second-order valence-corrected chi connectivity index (χ2v) is 3.38. The second kappa shape index (κ2) is 5.03. The quantitative estimate of drug-likeness (QED) is 0.497. The number of aliphatic carboxylic acids is 1. The van der Waals surface area contributed by atoms with E-state index in [4.69, 9.17) is 5.11 Å². The van der Waals surface area contributed by atoms with Crippen LogP contribution in [0.4, 0.5) is 0 Å². The number of imidazole rings is 1. The van der Waals surface area contributed by atoms with Crippen LogP contribution in [0.15, 0.2) is 12.5 Å². The third-order valence-corrected chi connectivity index (χ3v) is 2.13. The number of aromatic amines is 2. The maximum absolute atomic E-state index is 11.6. The molecule has 0 spiro atoms. The first kappa shape index (κ1) is 11.7. The van der Waals surface area contributed by atoms with E-state index in [-0.39, 0.29) is 12.2 Å². The van der Waals surface area contributed by atoms with E-state index in [0.29, 0.717) is 5.69 Å². The lowest BCUT2D eigenvalue weighted by atomic mass is 10.1. The average molecular weight is 251 g/mol. The van der Waals surface area contributed by atoms with Gasteiger partial charge in [-0.1, -0.05) is 0 Å². The highest BCUT2D eigenvalue weighted by Crippen LogP contribution is 1.99. The van der Waals surface area contributed by atoms with Gasteiger partial charge in [-0.05, 0) is 5.21 Å². The fourth-order valence-electron chi connectivity index (χ4n) is 1.30. The van der Waals surface area contributed by atoms with E-state index in [2.05, 4.69) is 35.9 Å². The topological polar surface area (TPSA) is 150 Å². The van der Waals surface area contributed by atoms with Crippen LogP contribution in [-0.4, -0.2) is 53.6 Å². The van der Waals surface area contributed by atoms with Crippen molar-refractivity contribution in [2.24, 2.45) is 0 Å². The van der Waals surface area contributed by atoms with Gasteiger partial charge in [-0.2, -0.15) is 5.21 Å². The number of nitrogens with one attached hydrogen (secondary N) is 3. The number of hydrogen-bond acceptors (Lipinski definition) is 6. The van der Waals surface area contributed by atoms with Gasteiger partial charge in [0.2, 0.25) is 0 Å². The summed E-state index contributed by atoms with van der Waals surface area (Å²) in [5.74, 6) is -2.09. The van der Waals surface area contributed by atoms with Crippen LogP contribution in [0.1, 0.15) is 16.3 Å². The molecule has 0 radical (unpaired) electrons. The molecule has 1 amide bonds. The molecule has 2 rings (SSSR count). The molecule has 0 aliphatic heterocycles. The first-order valence-electron chi connectivity index (χ1n) is 4.91. The molecule has 10 nitrogen and oxygen atoms in total. The smallest absolute Gasteiger partial charge is 0.326 e. The first-order valence-corrected chi connectivity index (χ1v) is 4.91. The molecule has 0 saturated heterocycles. The van der Waals surface area contributed by atoms with E-state index in [1.54, 1.807) is 0 Å². The number of rotatable bonds is 5. The zero-order valence-corrected chi connectivity index (χ0v) is 8.99. The molecule has 10 heteroatoms. The third-order valence-electron chi connectivity index (χ3n) is 2.13. The predicted octanol–water partition coefficient (Wildman–Crippen LogP) is -1.65. The summed E-state index contributed by atoms with van der Waals surface area (Å²) in [4.78, 5) is 29.1. The number of carbonyl (C=O) groups is 2. The Morgan fingerprint density at radius 2 is 2.33 bits per heavy atom. The van der Waals surface area contributed by atoms with Gasteiger partial charge in [-0.25, -0.2) is 9.78 Å². The van der Waals surface area contributed by atoms with E-state index in [1.165, 1.54) is 12.5 Å². The monoisotopic (exact) mass is 251 g/mol. The Morgan fingerprint density at radius 1 is 1.50 bits per heavy atom. The Kier molecular flexibility index (Phi) is 3.27. The molecule has 0 fully saturated rings. The molecule has 0 bridgehead atoms. The van der Waals surface area contributed by atoms with E-state index in [1.807, 2.05) is 0 Å². The van der Waals surface area contributed by atoms with Crippen LogP contribution in [0.25, 0.3) is 0 Å². The summed E-state index contributed by atoms with van der Waals surface area (Å²) in [6.45, 7) is 0. The van der Waals surface area contributed by atoms with Crippen molar-refractivity contribution in [2.75, 3.05) is 0 Å². The highest BCUT2D eigenvalue weighted by atomic mass is 16.4. The van der Waals surface area contributed by atoms with Gasteiger partial charge in [-0.15, -0.1) is 10.2 Å². The average Bonchev–Trinajstić information content (AvgIpc) is 3.00. The number of carbonyl (C=O) groups excluding carboxylic acids is 1. The normalized spacial score (nSPS) is 12.0. The zero-order chi connectivity index (χ0) is 13.0. The summed E-state index contributed by atoms with van der Waals surface area (Å²) in [5, 5.41) is 23.5. The molecule has 1 unspecified atom stereocenters.